The van der Waals surface area contributed by atoms with Crippen molar-refractivity contribution < 1.29 is 33.8 Å². The third kappa shape index (κ3) is 6.94. The second-order valence-electron chi connectivity index (χ2n) is 13.4. The lowest BCUT2D eigenvalue weighted by Gasteiger charge is -2.41. The van der Waals surface area contributed by atoms with E-state index in [4.69, 9.17) is 9.47 Å². The van der Waals surface area contributed by atoms with Crippen molar-refractivity contribution in [3.8, 4) is 0 Å². The number of nitrogens with one attached hydrogen (secondary N) is 1. The molecular formula is C36H50BrN3O7. The van der Waals surface area contributed by atoms with E-state index in [9.17, 15) is 24.3 Å². The van der Waals surface area contributed by atoms with E-state index in [2.05, 4.69) is 34.4 Å². The number of fused-ring (bicyclic) bond motifs is 1. The van der Waals surface area contributed by atoms with Crippen LogP contribution in [0.5, 0.6) is 0 Å². The second kappa shape index (κ2) is 15.5. The maximum absolute atomic E-state index is 14.7. The van der Waals surface area contributed by atoms with Gasteiger partial charge >= 0.3 is 5.97 Å². The van der Waals surface area contributed by atoms with Crippen molar-refractivity contribution in [2.45, 2.75) is 107 Å². The monoisotopic (exact) mass is 715 g/mol. The first-order valence-electron chi connectivity index (χ1n) is 16.7. The van der Waals surface area contributed by atoms with Gasteiger partial charge in [-0.15, -0.1) is 13.2 Å². The molecule has 1 unspecified atom stereocenters. The lowest BCUT2D eigenvalue weighted by molar-refractivity contribution is -0.163. The Morgan fingerprint density at radius 2 is 1.87 bits per heavy atom. The summed E-state index contributed by atoms with van der Waals surface area (Å²) in [4.78, 5) is 59.1. The number of ether oxygens (including phenoxy) is 2. The first-order valence-corrected chi connectivity index (χ1v) is 17.6. The molecule has 0 radical (unpaired) electrons. The Bertz CT molecular complexity index is 1320. The highest BCUT2D eigenvalue weighted by Crippen LogP contribution is 2.61. The fourth-order valence-electron chi connectivity index (χ4n) is 7.58. The van der Waals surface area contributed by atoms with Gasteiger partial charge in [-0.2, -0.15) is 0 Å². The smallest absolute Gasteiger partial charge is 0.313 e. The number of carbonyl (C=O) groups excluding carboxylic acids is 4. The molecule has 3 saturated heterocycles. The van der Waals surface area contributed by atoms with Gasteiger partial charge < -0.3 is 29.7 Å². The molecule has 2 bridgehead atoms. The van der Waals surface area contributed by atoms with Crippen LogP contribution in [0, 0.1) is 17.8 Å². The maximum Gasteiger partial charge on any atom is 0.313 e. The van der Waals surface area contributed by atoms with E-state index in [1.807, 2.05) is 58.0 Å². The molecule has 3 aliphatic rings. The van der Waals surface area contributed by atoms with Crippen LogP contribution in [0.1, 0.15) is 72.0 Å². The Morgan fingerprint density at radius 3 is 2.45 bits per heavy atom. The van der Waals surface area contributed by atoms with E-state index in [1.54, 1.807) is 24.0 Å². The third-order valence-electron chi connectivity index (χ3n) is 10.1. The fraction of sp³-hybridized carbons (Fsp3) is 0.611. The predicted octanol–water partition coefficient (Wildman–Crippen LogP) is 4.32. The van der Waals surface area contributed by atoms with Crippen LogP contribution in [0.25, 0.3) is 0 Å². The lowest BCUT2D eigenvalue weighted by atomic mass is 9.70. The van der Waals surface area contributed by atoms with Crippen molar-refractivity contribution in [2.75, 3.05) is 13.2 Å². The van der Waals surface area contributed by atoms with Gasteiger partial charge in [-0.1, -0.05) is 78.7 Å². The highest BCUT2D eigenvalue weighted by atomic mass is 79.9. The number of hydrogen-bond donors (Lipinski definition) is 2. The summed E-state index contributed by atoms with van der Waals surface area (Å²) in [5.74, 6) is -3.66. The lowest BCUT2D eigenvalue weighted by Crippen LogP contribution is -2.60. The van der Waals surface area contributed by atoms with E-state index in [-0.39, 0.29) is 48.2 Å². The molecule has 258 valence electrons. The summed E-state index contributed by atoms with van der Waals surface area (Å²) in [6.45, 7) is 16.9. The molecule has 0 saturated carbocycles. The van der Waals surface area contributed by atoms with Crippen LogP contribution in [0.2, 0.25) is 0 Å². The van der Waals surface area contributed by atoms with E-state index in [0.29, 0.717) is 24.8 Å². The fourth-order valence-corrected chi connectivity index (χ4v) is 8.52. The summed E-state index contributed by atoms with van der Waals surface area (Å²) in [5, 5.41) is 13.6. The Morgan fingerprint density at radius 1 is 1.19 bits per heavy atom. The minimum atomic E-state index is -1.31. The molecule has 3 aliphatic heterocycles. The van der Waals surface area contributed by atoms with Crippen molar-refractivity contribution >= 4 is 39.6 Å². The summed E-state index contributed by atoms with van der Waals surface area (Å²) in [6.07, 6.45) is 3.51. The Hall–Kier alpha value is -3.02. The molecule has 10 atom stereocenters. The molecule has 2 N–H and O–H groups in total. The first kappa shape index (κ1) is 36.8. The zero-order chi connectivity index (χ0) is 34.6. The number of benzene rings is 1. The minimum absolute atomic E-state index is 0.128. The molecule has 4 rings (SSSR count). The molecule has 0 aromatic heterocycles. The van der Waals surface area contributed by atoms with Gasteiger partial charge in [-0.3, -0.25) is 19.2 Å². The Kier molecular flexibility index (Phi) is 12.1. The van der Waals surface area contributed by atoms with Crippen LogP contribution in [-0.4, -0.2) is 92.4 Å². The van der Waals surface area contributed by atoms with Crippen molar-refractivity contribution in [1.82, 2.24) is 15.1 Å². The van der Waals surface area contributed by atoms with Crippen molar-refractivity contribution in [3.05, 3.63) is 61.2 Å². The van der Waals surface area contributed by atoms with E-state index >= 15 is 0 Å². The molecule has 3 fully saturated rings. The normalized spacial score (nSPS) is 28.7. The molecule has 0 aliphatic carbocycles. The summed E-state index contributed by atoms with van der Waals surface area (Å²) in [7, 11) is 0. The molecule has 11 heteroatoms. The number of allylic oxidation sites excluding steroid dienone is 1. The highest BCUT2D eigenvalue weighted by molar-refractivity contribution is 9.09. The number of amides is 3. The number of rotatable bonds is 16. The van der Waals surface area contributed by atoms with Crippen LogP contribution in [0.4, 0.5) is 0 Å². The zero-order valence-electron chi connectivity index (χ0n) is 28.1. The molecule has 1 aromatic carbocycles. The largest absolute Gasteiger partial charge is 0.455 e. The second-order valence-corrected chi connectivity index (χ2v) is 14.5. The number of aliphatic hydroxyl groups is 1. The number of carbonyl (C=O) groups is 4. The molecule has 47 heavy (non-hydrogen) atoms. The predicted molar refractivity (Wildman–Crippen MR) is 182 cm³/mol. The summed E-state index contributed by atoms with van der Waals surface area (Å²) >= 11 is 3.72. The van der Waals surface area contributed by atoms with Crippen LogP contribution >= 0.6 is 15.9 Å². The van der Waals surface area contributed by atoms with Crippen molar-refractivity contribution in [3.63, 3.8) is 0 Å². The number of aliphatic hydroxyl groups excluding tert-OH is 1. The molecular weight excluding hydrogens is 666 g/mol. The van der Waals surface area contributed by atoms with Gasteiger partial charge in [-0.25, -0.2) is 0 Å². The molecule has 1 aromatic rings. The summed E-state index contributed by atoms with van der Waals surface area (Å²) in [6, 6.07) is 6.67. The topological polar surface area (TPSA) is 125 Å². The summed E-state index contributed by atoms with van der Waals surface area (Å²) < 4.78 is 12.9. The van der Waals surface area contributed by atoms with Gasteiger partial charge in [-0.05, 0) is 45.1 Å². The summed E-state index contributed by atoms with van der Waals surface area (Å²) in [5.41, 5.74) is -0.619. The van der Waals surface area contributed by atoms with Crippen LogP contribution in [0.3, 0.4) is 0 Å². The first-order chi connectivity index (χ1) is 22.4. The van der Waals surface area contributed by atoms with Gasteiger partial charge in [0.05, 0.1) is 36.6 Å². The van der Waals surface area contributed by atoms with E-state index in [0.717, 1.165) is 0 Å². The number of hydrogen-bond acceptors (Lipinski definition) is 7. The van der Waals surface area contributed by atoms with Gasteiger partial charge in [0.2, 0.25) is 17.7 Å². The minimum Gasteiger partial charge on any atom is -0.455 e. The standard InChI is InChI=1S/C36H50BrN3O7/c1-8-11-17-27(42)38-23(7)30(24-15-13-12-14-16-24)46-35(45)28-29-33(43)40(26(20-41)22(6)10-3)32(34(44)39(18-9-2)21(4)5)36(29)19-25(37)31(28)47-36/h8-9,12-16,21-23,25-26,28-32,41H,1-2,10-11,17-20H2,3-7H3,(H,38,42)/t22-,23-,25?,26-,28+,29-,30-,31+,32+,36-/m0/s1. The SMILES string of the molecule is C=CCCC(=O)N[C@@H](C)[C@H](OC(=O)[C@H]1[C@@H]2O[C@@]3(CC2Br)[C@@H]1C(=O)N([C@@H](CO)[C@@H](C)CC)[C@@H]3C(=O)N(CC=C)C(C)C)c1ccccc1. The van der Waals surface area contributed by atoms with Crippen LogP contribution in [0.15, 0.2) is 55.6 Å². The van der Waals surface area contributed by atoms with Crippen molar-refractivity contribution in [1.29, 1.82) is 0 Å². The Labute approximate surface area is 287 Å². The number of halogens is 1. The van der Waals surface area contributed by atoms with Crippen LogP contribution in [-0.2, 0) is 28.7 Å². The average Bonchev–Trinajstić information content (AvgIpc) is 3.64. The average molecular weight is 717 g/mol. The van der Waals surface area contributed by atoms with Crippen LogP contribution < -0.4 is 5.32 Å². The van der Waals surface area contributed by atoms with E-state index in [1.165, 1.54) is 4.90 Å². The van der Waals surface area contributed by atoms with Gasteiger partial charge in [0.1, 0.15) is 17.7 Å². The zero-order valence-corrected chi connectivity index (χ0v) is 29.7. The molecule has 3 amide bonds. The molecule has 10 nitrogen and oxygen atoms in total. The van der Waals surface area contributed by atoms with Gasteiger partial charge in [0, 0.05) is 23.8 Å². The number of alkyl halides is 1. The number of nitrogens with zero attached hydrogens (tertiary/aromatic N) is 2. The quantitative estimate of drug-likeness (QED) is 0.148. The van der Waals surface area contributed by atoms with E-state index < -0.39 is 59.6 Å². The highest BCUT2D eigenvalue weighted by Gasteiger charge is 2.77. The number of likely N-dealkylation sites (tertiary alicyclic amines) is 1. The molecule has 1 spiro atoms. The number of esters is 1. The van der Waals surface area contributed by atoms with Crippen molar-refractivity contribution in [2.24, 2.45) is 17.8 Å². The molecule has 3 heterocycles. The maximum atomic E-state index is 14.7. The van der Waals surface area contributed by atoms with Gasteiger partial charge in [0.15, 0.2) is 0 Å². The third-order valence-corrected chi connectivity index (χ3v) is 10.9. The Balaban J connectivity index is 1.75. The van der Waals surface area contributed by atoms with Gasteiger partial charge in [0.25, 0.3) is 0 Å².